The highest BCUT2D eigenvalue weighted by atomic mass is 127. The maximum atomic E-state index is 13.3. The topological polar surface area (TPSA) is 17.1 Å². The molecule has 1 nitrogen and oxygen atoms in total. The maximum Gasteiger partial charge on any atom is 0.167 e. The lowest BCUT2D eigenvalue weighted by Gasteiger charge is -2.04. The highest BCUT2D eigenvalue weighted by Crippen LogP contribution is 2.21. The van der Waals surface area contributed by atoms with E-state index in [1.807, 2.05) is 0 Å². The van der Waals surface area contributed by atoms with E-state index in [2.05, 4.69) is 22.6 Å². The van der Waals surface area contributed by atoms with Gasteiger partial charge in [-0.15, -0.1) is 0 Å². The van der Waals surface area contributed by atoms with Crippen molar-refractivity contribution in [2.45, 2.75) is 6.42 Å². The molecule has 0 unspecified atom stereocenters. The molecule has 0 saturated heterocycles. The van der Waals surface area contributed by atoms with Gasteiger partial charge in [-0.25, -0.2) is 4.39 Å². The summed E-state index contributed by atoms with van der Waals surface area (Å²) in [4.78, 5) is 12.1. The van der Waals surface area contributed by atoms with Gasteiger partial charge in [0.15, 0.2) is 5.78 Å². The molecule has 0 amide bonds. The van der Waals surface area contributed by atoms with Gasteiger partial charge in [0.25, 0.3) is 0 Å². The second-order valence-electron chi connectivity index (χ2n) is 3.98. The van der Waals surface area contributed by atoms with Gasteiger partial charge in [-0.2, -0.15) is 0 Å². The summed E-state index contributed by atoms with van der Waals surface area (Å²) in [5.41, 5.74) is 1.10. The van der Waals surface area contributed by atoms with Crippen LogP contribution >= 0.6 is 45.8 Å². The number of Topliss-reactive ketones (excluding diaryl/α,β-unsaturated/α-hetero) is 1. The van der Waals surface area contributed by atoms with Crippen molar-refractivity contribution in [3.05, 3.63) is 67.0 Å². The monoisotopic (exact) mass is 408 g/mol. The number of hydrogen-bond donors (Lipinski definition) is 0. The van der Waals surface area contributed by atoms with Crippen LogP contribution in [0.1, 0.15) is 15.9 Å². The molecule has 0 aromatic heterocycles. The third kappa shape index (κ3) is 3.68. The number of benzene rings is 2. The third-order valence-electron chi connectivity index (χ3n) is 2.59. The van der Waals surface area contributed by atoms with Gasteiger partial charge in [-0.1, -0.05) is 35.3 Å². The van der Waals surface area contributed by atoms with Crippen LogP contribution in [0.25, 0.3) is 0 Å². The molecule has 0 radical (unpaired) electrons. The van der Waals surface area contributed by atoms with Crippen LogP contribution in [0.3, 0.4) is 0 Å². The molecule has 5 heteroatoms. The number of carbonyl (C=O) groups is 1. The van der Waals surface area contributed by atoms with E-state index in [4.69, 9.17) is 23.2 Å². The second kappa shape index (κ2) is 6.20. The van der Waals surface area contributed by atoms with Crippen LogP contribution in [-0.2, 0) is 6.42 Å². The predicted molar refractivity (Wildman–Crippen MR) is 83.6 cm³/mol. The van der Waals surface area contributed by atoms with Crippen LogP contribution in [0.15, 0.2) is 36.4 Å². The molecule has 0 N–H and O–H groups in total. The second-order valence-corrected chi connectivity index (χ2v) is 5.95. The van der Waals surface area contributed by atoms with E-state index in [0.717, 1.165) is 3.57 Å². The molecule has 0 bridgehead atoms. The number of rotatable bonds is 3. The zero-order valence-corrected chi connectivity index (χ0v) is 13.3. The van der Waals surface area contributed by atoms with Crippen molar-refractivity contribution in [3.8, 4) is 0 Å². The van der Waals surface area contributed by atoms with Crippen molar-refractivity contribution in [1.82, 2.24) is 0 Å². The Bertz CT molecular complexity index is 643. The minimum absolute atomic E-state index is 0.0495. The Hall–Kier alpha value is -0.650. The zero-order chi connectivity index (χ0) is 14.0. The minimum atomic E-state index is -0.521. The van der Waals surface area contributed by atoms with Gasteiger partial charge in [-0.3, -0.25) is 4.79 Å². The molecule has 2 aromatic rings. The first-order valence-corrected chi connectivity index (χ1v) is 7.23. The lowest BCUT2D eigenvalue weighted by Crippen LogP contribution is -2.04. The molecule has 0 atom stereocenters. The number of halogens is 4. The predicted octanol–water partition coefficient (Wildman–Crippen LogP) is 5.16. The average molecular weight is 409 g/mol. The van der Waals surface area contributed by atoms with E-state index in [-0.39, 0.29) is 17.2 Å². The lowest BCUT2D eigenvalue weighted by molar-refractivity contribution is 0.0993. The van der Waals surface area contributed by atoms with E-state index >= 15 is 0 Å². The van der Waals surface area contributed by atoms with Gasteiger partial charge in [-0.05, 0) is 52.4 Å². The summed E-state index contributed by atoms with van der Waals surface area (Å²) in [6.45, 7) is 0. The Kier molecular flexibility index (Phi) is 4.81. The van der Waals surface area contributed by atoms with Crippen LogP contribution in [-0.4, -0.2) is 5.78 Å². The lowest BCUT2D eigenvalue weighted by atomic mass is 10.0. The molecular weight excluding hydrogens is 401 g/mol. The molecule has 0 saturated carbocycles. The first-order valence-electron chi connectivity index (χ1n) is 5.39. The van der Waals surface area contributed by atoms with E-state index < -0.39 is 5.82 Å². The summed E-state index contributed by atoms with van der Waals surface area (Å²) in [5.74, 6) is -0.632. The molecule has 0 aliphatic heterocycles. The van der Waals surface area contributed by atoms with Crippen molar-refractivity contribution in [1.29, 1.82) is 0 Å². The van der Waals surface area contributed by atoms with Crippen molar-refractivity contribution >= 4 is 51.6 Å². The summed E-state index contributed by atoms with van der Waals surface area (Å²) >= 11 is 13.7. The highest BCUT2D eigenvalue weighted by molar-refractivity contribution is 14.1. The molecule has 0 fully saturated rings. The van der Waals surface area contributed by atoms with Gasteiger partial charge >= 0.3 is 0 Å². The summed E-state index contributed by atoms with van der Waals surface area (Å²) in [5, 5.41) is 0.585. The summed E-state index contributed by atoms with van der Waals surface area (Å²) in [6, 6.07) is 9.46. The van der Waals surface area contributed by atoms with E-state index in [1.165, 1.54) is 12.1 Å². The van der Waals surface area contributed by atoms with Crippen molar-refractivity contribution in [2.75, 3.05) is 0 Å². The van der Waals surface area contributed by atoms with Gasteiger partial charge < -0.3 is 0 Å². The summed E-state index contributed by atoms with van der Waals surface area (Å²) < 4.78 is 14.2. The Morgan fingerprint density at radius 1 is 1.11 bits per heavy atom. The first-order chi connectivity index (χ1) is 8.97. The van der Waals surface area contributed by atoms with Crippen LogP contribution < -0.4 is 0 Å². The van der Waals surface area contributed by atoms with Crippen LogP contribution in [0.5, 0.6) is 0 Å². The first kappa shape index (κ1) is 14.8. The van der Waals surface area contributed by atoms with E-state index in [0.29, 0.717) is 16.1 Å². The van der Waals surface area contributed by atoms with E-state index in [9.17, 15) is 9.18 Å². The van der Waals surface area contributed by atoms with Gasteiger partial charge in [0.05, 0.1) is 10.0 Å². The number of ketones is 1. The van der Waals surface area contributed by atoms with E-state index in [1.54, 1.807) is 24.3 Å². The molecule has 0 aliphatic carbocycles. The summed E-state index contributed by atoms with van der Waals surface area (Å²) in [6.07, 6.45) is 0.116. The Labute approximate surface area is 133 Å². The molecular formula is C14H8Cl2FIO. The molecule has 0 aliphatic rings. The SMILES string of the molecule is O=C(Cc1ccc(Cl)c(F)c1)c1ccc(I)c(Cl)c1. The highest BCUT2D eigenvalue weighted by Gasteiger charge is 2.10. The van der Waals surface area contributed by atoms with Gasteiger partial charge in [0.1, 0.15) is 5.82 Å². The Morgan fingerprint density at radius 3 is 2.47 bits per heavy atom. The molecule has 19 heavy (non-hydrogen) atoms. The number of carbonyl (C=O) groups excluding carboxylic acids is 1. The average Bonchev–Trinajstić information content (AvgIpc) is 2.37. The molecule has 0 spiro atoms. The normalized spacial score (nSPS) is 10.5. The van der Waals surface area contributed by atoms with Crippen molar-refractivity contribution in [2.24, 2.45) is 0 Å². The van der Waals surface area contributed by atoms with Gasteiger partial charge in [0, 0.05) is 15.6 Å². The van der Waals surface area contributed by atoms with Crippen molar-refractivity contribution in [3.63, 3.8) is 0 Å². The minimum Gasteiger partial charge on any atom is -0.294 e. The quantitative estimate of drug-likeness (QED) is 0.506. The fraction of sp³-hybridized carbons (Fsp3) is 0.0714. The molecule has 2 rings (SSSR count). The van der Waals surface area contributed by atoms with Crippen LogP contribution in [0.4, 0.5) is 4.39 Å². The maximum absolute atomic E-state index is 13.3. The number of hydrogen-bond acceptors (Lipinski definition) is 1. The Balaban J connectivity index is 2.20. The molecule has 98 valence electrons. The third-order valence-corrected chi connectivity index (χ3v) is 4.47. The summed E-state index contributed by atoms with van der Waals surface area (Å²) in [7, 11) is 0. The zero-order valence-electron chi connectivity index (χ0n) is 9.59. The van der Waals surface area contributed by atoms with Crippen molar-refractivity contribution < 1.29 is 9.18 Å². The standard InChI is InChI=1S/C14H8Cl2FIO/c15-10-3-1-8(5-12(10)17)6-14(19)9-2-4-13(18)11(16)7-9/h1-5,7H,6H2. The molecule has 2 aromatic carbocycles. The fourth-order valence-electron chi connectivity index (χ4n) is 1.61. The fourth-order valence-corrected chi connectivity index (χ4v) is 2.24. The molecule has 0 heterocycles. The smallest absolute Gasteiger partial charge is 0.167 e. The van der Waals surface area contributed by atoms with Gasteiger partial charge in [0.2, 0.25) is 0 Å². The largest absolute Gasteiger partial charge is 0.294 e. The van der Waals surface area contributed by atoms with Crippen LogP contribution in [0.2, 0.25) is 10.0 Å². The Morgan fingerprint density at radius 2 is 1.84 bits per heavy atom. The van der Waals surface area contributed by atoms with Crippen LogP contribution in [0, 0.1) is 9.39 Å².